The molecule has 1 aromatic carbocycles. The Morgan fingerprint density at radius 3 is 2.08 bits per heavy atom. The molecule has 0 heterocycles. The molecule has 0 fully saturated rings. The summed E-state index contributed by atoms with van der Waals surface area (Å²) in [6, 6.07) is 8.49. The summed E-state index contributed by atoms with van der Waals surface area (Å²) >= 11 is 0. The number of aryl methyl sites for hydroxylation is 2. The Bertz CT molecular complexity index is 260. The van der Waals surface area contributed by atoms with Gasteiger partial charge in [-0.1, -0.05) is 31.2 Å². The minimum Gasteiger partial charge on any atom is -0.186 e. The van der Waals surface area contributed by atoms with Gasteiger partial charge in [-0.25, -0.2) is 0 Å². The highest BCUT2D eigenvalue weighted by Crippen LogP contribution is 2.06. The first-order valence-electron chi connectivity index (χ1n) is 3.80. The van der Waals surface area contributed by atoms with E-state index in [0.29, 0.717) is 0 Å². The van der Waals surface area contributed by atoms with E-state index in [0.717, 1.165) is 6.42 Å². The quantitative estimate of drug-likeness (QED) is 0.636. The molecule has 2 heteroatoms. The summed E-state index contributed by atoms with van der Waals surface area (Å²) in [6.45, 7) is 4.33. The summed E-state index contributed by atoms with van der Waals surface area (Å²) in [5, 5.41) is 0. The summed E-state index contributed by atoms with van der Waals surface area (Å²) in [5.41, 5.74) is 2.86. The van der Waals surface area contributed by atoms with Crippen LogP contribution >= 0.6 is 0 Å². The van der Waals surface area contributed by atoms with E-state index in [1.165, 1.54) is 11.1 Å². The molecule has 0 atom stereocenters. The second kappa shape index (κ2) is 6.32. The number of rotatable bonds is 1. The molecule has 2 nitrogen and oxygen atoms in total. The highest BCUT2D eigenvalue weighted by Gasteiger charge is 1.89. The van der Waals surface area contributed by atoms with Gasteiger partial charge in [0, 0.05) is 0 Å². The Labute approximate surface area is 72.2 Å². The minimum absolute atomic E-state index is 0.250. The normalized spacial score (nSPS) is 7.83. The second-order valence-corrected chi connectivity index (χ2v) is 2.36. The predicted octanol–water partition coefficient (Wildman–Crippen LogP) is 1.97. The van der Waals surface area contributed by atoms with Crippen LogP contribution in [0.15, 0.2) is 24.3 Å². The fourth-order valence-electron chi connectivity index (χ4n) is 1.01. The summed E-state index contributed by atoms with van der Waals surface area (Å²) in [6.07, 6.45) is 1.40. The van der Waals surface area contributed by atoms with Gasteiger partial charge in [0.1, 0.15) is 0 Å². The molecule has 0 aliphatic carbocycles. The Hall–Kier alpha value is -1.40. The molecule has 0 aliphatic rings. The third-order valence-electron chi connectivity index (χ3n) is 1.64. The topological polar surface area (TPSA) is 34.1 Å². The number of carbonyl (C=O) groups excluding carboxylic acids is 2. The molecule has 0 radical (unpaired) electrons. The maximum Gasteiger partial charge on any atom is 0.373 e. The maximum absolute atomic E-state index is 8.12. The third kappa shape index (κ3) is 3.69. The molecule has 64 valence electrons. The van der Waals surface area contributed by atoms with Crippen LogP contribution in [0.3, 0.4) is 0 Å². The van der Waals surface area contributed by atoms with Crippen molar-refractivity contribution in [1.29, 1.82) is 0 Å². The van der Waals surface area contributed by atoms with Gasteiger partial charge in [0.2, 0.25) is 0 Å². The predicted molar refractivity (Wildman–Crippen MR) is 45.6 cm³/mol. The highest BCUT2D eigenvalue weighted by molar-refractivity contribution is 5.25. The smallest absolute Gasteiger partial charge is 0.186 e. The first-order valence-corrected chi connectivity index (χ1v) is 3.80. The van der Waals surface area contributed by atoms with Crippen molar-refractivity contribution in [2.75, 3.05) is 0 Å². The molecule has 0 aromatic heterocycles. The van der Waals surface area contributed by atoms with E-state index < -0.39 is 0 Å². The SMILES string of the molecule is CCc1ccccc1C.O=C=O. The molecule has 0 saturated carbocycles. The lowest BCUT2D eigenvalue weighted by molar-refractivity contribution is -0.191. The molecular formula is C10H12O2. The zero-order chi connectivity index (χ0) is 9.40. The van der Waals surface area contributed by atoms with E-state index in [2.05, 4.69) is 38.1 Å². The van der Waals surface area contributed by atoms with E-state index in [1.54, 1.807) is 0 Å². The maximum atomic E-state index is 8.12. The van der Waals surface area contributed by atoms with Crippen molar-refractivity contribution in [1.82, 2.24) is 0 Å². The van der Waals surface area contributed by atoms with Crippen molar-refractivity contribution < 1.29 is 9.59 Å². The Balaban J connectivity index is 0.000000354. The molecule has 0 saturated heterocycles. The van der Waals surface area contributed by atoms with Crippen LogP contribution in [0.2, 0.25) is 0 Å². The molecule has 1 aromatic rings. The molecule has 0 spiro atoms. The summed E-state index contributed by atoms with van der Waals surface area (Å²) in [4.78, 5) is 16.2. The van der Waals surface area contributed by atoms with Crippen molar-refractivity contribution in [3.8, 4) is 0 Å². The monoisotopic (exact) mass is 164 g/mol. The van der Waals surface area contributed by atoms with Crippen molar-refractivity contribution in [2.45, 2.75) is 20.3 Å². The lowest BCUT2D eigenvalue weighted by Crippen LogP contribution is -1.82. The van der Waals surface area contributed by atoms with E-state index in [4.69, 9.17) is 9.59 Å². The van der Waals surface area contributed by atoms with Crippen LogP contribution in [-0.2, 0) is 16.0 Å². The van der Waals surface area contributed by atoms with Gasteiger partial charge in [0.25, 0.3) is 0 Å². The highest BCUT2D eigenvalue weighted by atomic mass is 16.2. The summed E-state index contributed by atoms with van der Waals surface area (Å²) in [7, 11) is 0. The van der Waals surface area contributed by atoms with Crippen LogP contribution in [0.25, 0.3) is 0 Å². The van der Waals surface area contributed by atoms with Gasteiger partial charge in [-0.05, 0) is 24.5 Å². The van der Waals surface area contributed by atoms with E-state index in [1.807, 2.05) is 0 Å². The molecule has 0 amide bonds. The first kappa shape index (κ1) is 10.6. The fourth-order valence-corrected chi connectivity index (χ4v) is 1.01. The van der Waals surface area contributed by atoms with Crippen LogP contribution < -0.4 is 0 Å². The van der Waals surface area contributed by atoms with Crippen molar-refractivity contribution in [3.63, 3.8) is 0 Å². The molecular weight excluding hydrogens is 152 g/mol. The Kier molecular flexibility index (Phi) is 5.58. The van der Waals surface area contributed by atoms with Crippen molar-refractivity contribution in [2.24, 2.45) is 0 Å². The van der Waals surface area contributed by atoms with Gasteiger partial charge < -0.3 is 0 Å². The van der Waals surface area contributed by atoms with Crippen molar-refractivity contribution in [3.05, 3.63) is 35.4 Å². The Morgan fingerprint density at radius 2 is 1.75 bits per heavy atom. The van der Waals surface area contributed by atoms with Gasteiger partial charge in [-0.2, -0.15) is 9.59 Å². The zero-order valence-electron chi connectivity index (χ0n) is 7.33. The number of hydrogen-bond acceptors (Lipinski definition) is 2. The fraction of sp³-hybridized carbons (Fsp3) is 0.300. The van der Waals surface area contributed by atoms with Gasteiger partial charge >= 0.3 is 6.15 Å². The number of hydrogen-bond donors (Lipinski definition) is 0. The lowest BCUT2D eigenvalue weighted by atomic mass is 10.1. The molecule has 1 rings (SSSR count). The van der Waals surface area contributed by atoms with Crippen LogP contribution in [0.1, 0.15) is 18.1 Å². The Morgan fingerprint density at radius 1 is 1.25 bits per heavy atom. The second-order valence-electron chi connectivity index (χ2n) is 2.36. The van der Waals surface area contributed by atoms with Crippen molar-refractivity contribution >= 4 is 6.15 Å². The van der Waals surface area contributed by atoms with Crippen LogP contribution in [0.5, 0.6) is 0 Å². The largest absolute Gasteiger partial charge is 0.373 e. The minimum atomic E-state index is 0.250. The molecule has 0 bridgehead atoms. The van der Waals surface area contributed by atoms with Crippen LogP contribution in [-0.4, -0.2) is 6.15 Å². The average molecular weight is 164 g/mol. The average Bonchev–Trinajstić information content (AvgIpc) is 2.07. The summed E-state index contributed by atoms with van der Waals surface area (Å²) < 4.78 is 0. The van der Waals surface area contributed by atoms with Gasteiger partial charge in [0.15, 0.2) is 0 Å². The van der Waals surface area contributed by atoms with E-state index in [-0.39, 0.29) is 6.15 Å². The lowest BCUT2D eigenvalue weighted by Gasteiger charge is -1.98. The first-order chi connectivity index (χ1) is 5.76. The summed E-state index contributed by atoms with van der Waals surface area (Å²) in [5.74, 6) is 0. The molecule has 0 unspecified atom stereocenters. The third-order valence-corrected chi connectivity index (χ3v) is 1.64. The molecule has 12 heavy (non-hydrogen) atoms. The number of benzene rings is 1. The zero-order valence-corrected chi connectivity index (χ0v) is 7.33. The van der Waals surface area contributed by atoms with Gasteiger partial charge in [0.05, 0.1) is 0 Å². The molecule has 0 N–H and O–H groups in total. The standard InChI is InChI=1S/C9H12.CO2/c1-3-9-7-5-4-6-8(9)2;2-1-3/h4-7H,3H2,1-2H3;. The van der Waals surface area contributed by atoms with E-state index in [9.17, 15) is 0 Å². The molecule has 0 aliphatic heterocycles. The van der Waals surface area contributed by atoms with Gasteiger partial charge in [-0.15, -0.1) is 0 Å². The van der Waals surface area contributed by atoms with Gasteiger partial charge in [-0.3, -0.25) is 0 Å². The van der Waals surface area contributed by atoms with E-state index >= 15 is 0 Å². The van der Waals surface area contributed by atoms with Crippen LogP contribution in [0, 0.1) is 6.92 Å². The van der Waals surface area contributed by atoms with Crippen LogP contribution in [0.4, 0.5) is 0 Å².